The second-order valence-electron chi connectivity index (χ2n) is 43.0. The van der Waals surface area contributed by atoms with Gasteiger partial charge in [0.05, 0.1) is 64.6 Å². The van der Waals surface area contributed by atoms with Gasteiger partial charge in [0, 0.05) is 64.4 Å². The molecule has 7 rings (SSSR count). The van der Waals surface area contributed by atoms with Gasteiger partial charge in [0.15, 0.2) is 0 Å². The first kappa shape index (κ1) is 118. The van der Waals surface area contributed by atoms with E-state index in [1.807, 2.05) is 38.8 Å². The van der Waals surface area contributed by atoms with Gasteiger partial charge in [-0.25, -0.2) is 18.7 Å². The van der Waals surface area contributed by atoms with Gasteiger partial charge in [0.2, 0.25) is 0 Å². The average Bonchev–Trinajstić information content (AvgIpc) is 1.78. The number of unbranched alkanes of at least 4 members (excludes halogenated alkanes) is 12. The molecule has 0 atom stereocenters. The van der Waals surface area contributed by atoms with Crippen LogP contribution in [0, 0.1) is 82.9 Å². The lowest BCUT2D eigenvalue weighted by Gasteiger charge is -2.08. The zero-order valence-corrected chi connectivity index (χ0v) is 87.7. The Labute approximate surface area is 776 Å². The molecule has 21 heteroatoms. The van der Waals surface area contributed by atoms with E-state index >= 15 is 0 Å². The van der Waals surface area contributed by atoms with Gasteiger partial charge in [-0.3, -0.25) is 14.0 Å². The van der Waals surface area contributed by atoms with E-state index in [0.717, 1.165) is 185 Å². The maximum Gasteiger partial charge on any atom is 0.0827 e. The zero-order chi connectivity index (χ0) is 93.7. The zero-order valence-electron chi connectivity index (χ0n) is 87.7. The second kappa shape index (κ2) is 75.6. The molecule has 126 heavy (non-hydrogen) atoms. The number of hydrogen-bond acceptors (Lipinski definition) is 14. The lowest BCUT2D eigenvalue weighted by Crippen LogP contribution is -2.07. The quantitative estimate of drug-likeness (QED) is 0.0324. The fraction of sp³-hybridized carbons (Fsp3) is 0.867. The smallest absolute Gasteiger partial charge is 0.0827 e. The topological polar surface area (TPSA) is 215 Å². The SMILES string of the molecule is CC(C)CCCCCCc1cnnn1CCC(C)C.CC(C)CCCCCCc1cnnn1CCC(C)C.CC(C)CCCCCc1cn(CC(C)C)nn1.CC(C)CCCCCc1cnnn1CCCC(C)C.CC(C)CCCCc1cn(CCC(C)C)nn1.CC(C)CCCCc1cnnn1CCCC(C)C.CC(C)CCCc1cn(CCCC(C)C)nn1. The van der Waals surface area contributed by atoms with E-state index in [2.05, 4.69) is 303 Å². The van der Waals surface area contributed by atoms with Gasteiger partial charge < -0.3 is 0 Å². The molecule has 7 heterocycles. The molecule has 728 valence electrons. The number of nitrogens with zero attached hydrogens (tertiary/aromatic N) is 21. The van der Waals surface area contributed by atoms with Gasteiger partial charge in [0.25, 0.3) is 0 Å². The van der Waals surface area contributed by atoms with E-state index in [4.69, 9.17) is 0 Å². The molecule has 0 aliphatic heterocycles. The summed E-state index contributed by atoms with van der Waals surface area (Å²) in [5.74, 6) is 11.0. The van der Waals surface area contributed by atoms with Crippen molar-refractivity contribution in [2.45, 2.75) is 509 Å². The van der Waals surface area contributed by atoms with Gasteiger partial charge in [-0.1, -0.05) is 352 Å². The van der Waals surface area contributed by atoms with Crippen LogP contribution in [-0.2, 0) is 90.8 Å². The van der Waals surface area contributed by atoms with E-state index in [1.54, 1.807) is 0 Å². The molecule has 0 aliphatic rings. The summed E-state index contributed by atoms with van der Waals surface area (Å²) in [5, 5.41) is 58.2. The van der Waals surface area contributed by atoms with Crippen LogP contribution >= 0.6 is 0 Å². The van der Waals surface area contributed by atoms with Crippen molar-refractivity contribution < 1.29 is 0 Å². The van der Waals surface area contributed by atoms with Crippen molar-refractivity contribution in [3.63, 3.8) is 0 Å². The van der Waals surface area contributed by atoms with E-state index in [1.165, 1.54) is 248 Å². The Balaban J connectivity index is 0.000000735. The van der Waals surface area contributed by atoms with Gasteiger partial charge in [-0.15, -0.1) is 35.7 Å². The molecule has 0 fully saturated rings. The third-order valence-electron chi connectivity index (χ3n) is 22.8. The molecule has 0 saturated heterocycles. The maximum absolute atomic E-state index is 4.22. The van der Waals surface area contributed by atoms with Crippen molar-refractivity contribution in [2.24, 2.45) is 82.9 Å². The Kier molecular flexibility index (Phi) is 70.8. The van der Waals surface area contributed by atoms with E-state index in [-0.39, 0.29) is 0 Å². The molecule has 0 unspecified atom stereocenters. The molecule has 7 aromatic rings. The van der Waals surface area contributed by atoms with Crippen LogP contribution < -0.4 is 0 Å². The van der Waals surface area contributed by atoms with Crippen LogP contribution in [0.1, 0.15) is 458 Å². The minimum atomic E-state index is 0.635. The highest BCUT2D eigenvalue weighted by atomic mass is 15.5. The van der Waals surface area contributed by atoms with Crippen molar-refractivity contribution >= 4 is 0 Å². The monoisotopic (exact) mass is 1760 g/mol. The predicted molar refractivity (Wildman–Crippen MR) is 535 cm³/mol. The van der Waals surface area contributed by atoms with Crippen LogP contribution in [0.25, 0.3) is 0 Å². The molecule has 0 radical (unpaired) electrons. The summed E-state index contributed by atoms with van der Waals surface area (Å²) in [6, 6.07) is 0. The Morgan fingerprint density at radius 3 is 0.714 bits per heavy atom. The van der Waals surface area contributed by atoms with Crippen LogP contribution in [0.15, 0.2) is 43.4 Å². The van der Waals surface area contributed by atoms with Crippen molar-refractivity contribution in [2.75, 3.05) is 0 Å². The summed E-state index contributed by atoms with van der Waals surface area (Å²) < 4.78 is 14.3. The van der Waals surface area contributed by atoms with Crippen LogP contribution in [0.2, 0.25) is 0 Å². The van der Waals surface area contributed by atoms with E-state index in [0.29, 0.717) is 5.92 Å². The fourth-order valence-electron chi connectivity index (χ4n) is 14.7. The molecule has 0 saturated carbocycles. The first-order valence-electron chi connectivity index (χ1n) is 52.3. The molecule has 0 aliphatic carbocycles. The fourth-order valence-corrected chi connectivity index (χ4v) is 14.7. The molecular formula is C105H203N21. The lowest BCUT2D eigenvalue weighted by molar-refractivity contribution is 0.462. The van der Waals surface area contributed by atoms with Gasteiger partial charge in [-0.2, -0.15) is 0 Å². The summed E-state index contributed by atoms with van der Waals surface area (Å²) in [6.45, 7) is 70.6. The highest BCUT2D eigenvalue weighted by molar-refractivity contribution is 4.98. The molecular weight excluding hydrogens is 1560 g/mol. The van der Waals surface area contributed by atoms with Crippen molar-refractivity contribution in [1.29, 1.82) is 0 Å². The summed E-state index contributed by atoms with van der Waals surface area (Å²) in [4.78, 5) is 0. The van der Waals surface area contributed by atoms with Crippen LogP contribution in [0.5, 0.6) is 0 Å². The molecule has 7 aromatic heterocycles. The number of hydrogen-bond donors (Lipinski definition) is 0. The van der Waals surface area contributed by atoms with Gasteiger partial charge in [0.1, 0.15) is 0 Å². The van der Waals surface area contributed by atoms with E-state index in [9.17, 15) is 0 Å². The van der Waals surface area contributed by atoms with Crippen LogP contribution in [0.3, 0.4) is 0 Å². The minimum absolute atomic E-state index is 0.635. The number of aryl methyl sites for hydroxylation is 13. The third-order valence-corrected chi connectivity index (χ3v) is 22.8. The highest BCUT2D eigenvalue weighted by Crippen LogP contribution is 2.20. The third kappa shape index (κ3) is 69.9. The van der Waals surface area contributed by atoms with Crippen LogP contribution in [-0.4, -0.2) is 105 Å². The molecule has 0 amide bonds. The summed E-state index contributed by atoms with van der Waals surface area (Å²) in [6.07, 6.45) is 67.1. The number of aromatic nitrogens is 21. The average molecular weight is 1760 g/mol. The first-order valence-corrected chi connectivity index (χ1v) is 52.3. The lowest BCUT2D eigenvalue weighted by atomic mass is 10.0. The number of rotatable bonds is 63. The highest BCUT2D eigenvalue weighted by Gasteiger charge is 2.13. The molecule has 0 spiro atoms. The summed E-state index contributed by atoms with van der Waals surface area (Å²) in [7, 11) is 0. The van der Waals surface area contributed by atoms with Crippen molar-refractivity contribution in [3.05, 3.63) is 83.2 Å². The molecule has 0 bridgehead atoms. The Morgan fingerprint density at radius 1 is 0.183 bits per heavy atom. The van der Waals surface area contributed by atoms with Crippen molar-refractivity contribution in [3.8, 4) is 0 Å². The Hall–Kier alpha value is -6.02. The summed E-state index contributed by atoms with van der Waals surface area (Å²) >= 11 is 0. The summed E-state index contributed by atoms with van der Waals surface area (Å²) in [5.41, 5.74) is 8.69. The van der Waals surface area contributed by atoms with Crippen LogP contribution in [0.4, 0.5) is 0 Å². The first-order chi connectivity index (χ1) is 60.1. The maximum atomic E-state index is 4.22. The largest absolute Gasteiger partial charge is 0.252 e. The molecule has 0 N–H and O–H groups in total. The normalized spacial score (nSPS) is 11.7. The van der Waals surface area contributed by atoms with Gasteiger partial charge >= 0.3 is 0 Å². The molecule has 21 nitrogen and oxygen atoms in total. The van der Waals surface area contributed by atoms with Gasteiger partial charge in [-0.05, 0) is 231 Å². The predicted octanol–water partition coefficient (Wildman–Crippen LogP) is 28.6. The Morgan fingerprint density at radius 2 is 0.397 bits per heavy atom. The molecule has 0 aromatic carbocycles. The van der Waals surface area contributed by atoms with E-state index < -0.39 is 0 Å². The Bertz CT molecular complexity index is 3370. The van der Waals surface area contributed by atoms with Crippen molar-refractivity contribution in [1.82, 2.24) is 105 Å². The second-order valence-corrected chi connectivity index (χ2v) is 43.0. The minimum Gasteiger partial charge on any atom is -0.252 e. The standard InChI is InChI=1S/3C16H31N3.C15H29N3.3C14H27N3/c1-14(2)9-6-5-7-11-16-13-17-18-19(16)12-8-10-15(3)4;2*1-14(2)9-7-5-6-8-10-16-13-17-18-19(16)12-11-15(3)4;1-13(2)8-5-6-10-15-12-16-17-18(15)11-7-9-14(3)4;1-12(2)7-5-9-14-11-17(16-15-14)10-6-8-13(3)4;1-12(2)7-5-6-8-14-11-17(16-15-14)10-9-13(3)4;1-12(2)8-6-5-7-9-14-11-17(16-15-14)10-13(3)4/h3*13-15H,5-12H2,1-4H3;12-14H,5-11H2,1-4H3;3*11-13H,5-10H2,1-4H3.